The molecule has 4 rings (SSSR count). The summed E-state index contributed by atoms with van der Waals surface area (Å²) < 4.78 is 41.5. The summed E-state index contributed by atoms with van der Waals surface area (Å²) in [4.78, 5) is 7.86. The lowest BCUT2D eigenvalue weighted by Gasteiger charge is -2.08. The molecule has 0 spiro atoms. The van der Waals surface area contributed by atoms with Gasteiger partial charge in [0.25, 0.3) is 10.0 Å². The van der Waals surface area contributed by atoms with E-state index in [9.17, 15) is 12.8 Å². The van der Waals surface area contributed by atoms with Crippen LogP contribution in [0.2, 0.25) is 0 Å². The maximum Gasteiger partial charge on any atom is 0.266 e. The SMILES string of the molecule is N#Cc1ccc(Cc2csc(Nc3ccc(S(=O)(=O)Nc4nccs4)c(F)c3)n2)cc1. The van der Waals surface area contributed by atoms with E-state index in [0.717, 1.165) is 28.7 Å². The number of rotatable bonds is 7. The van der Waals surface area contributed by atoms with E-state index in [1.54, 1.807) is 17.5 Å². The minimum absolute atomic E-state index is 0.166. The zero-order valence-electron chi connectivity index (χ0n) is 15.7. The van der Waals surface area contributed by atoms with Gasteiger partial charge in [-0.25, -0.2) is 22.8 Å². The molecule has 0 radical (unpaired) electrons. The van der Waals surface area contributed by atoms with E-state index in [4.69, 9.17) is 5.26 Å². The van der Waals surface area contributed by atoms with Crippen molar-refractivity contribution in [2.45, 2.75) is 11.3 Å². The Morgan fingerprint density at radius 3 is 2.58 bits per heavy atom. The van der Waals surface area contributed by atoms with E-state index in [2.05, 4.69) is 26.1 Å². The molecule has 0 saturated carbocycles. The van der Waals surface area contributed by atoms with Crippen LogP contribution in [-0.4, -0.2) is 18.4 Å². The first kappa shape index (κ1) is 20.9. The number of anilines is 3. The van der Waals surface area contributed by atoms with Gasteiger partial charge in [0.05, 0.1) is 17.3 Å². The average molecular weight is 472 g/mol. The molecule has 156 valence electrons. The predicted octanol–water partition coefficient (Wildman–Crippen LogP) is 4.75. The third-order valence-electron chi connectivity index (χ3n) is 4.15. The third-order valence-corrected chi connectivity index (χ3v) is 7.14. The molecule has 11 heteroatoms. The van der Waals surface area contributed by atoms with Crippen LogP contribution < -0.4 is 10.0 Å². The van der Waals surface area contributed by atoms with Crippen LogP contribution in [0.5, 0.6) is 0 Å². The highest BCUT2D eigenvalue weighted by Gasteiger charge is 2.20. The van der Waals surface area contributed by atoms with Crippen LogP contribution >= 0.6 is 22.7 Å². The fraction of sp³-hybridized carbons (Fsp3) is 0.0500. The van der Waals surface area contributed by atoms with Crippen LogP contribution in [0.15, 0.2) is 64.3 Å². The highest BCUT2D eigenvalue weighted by molar-refractivity contribution is 7.93. The van der Waals surface area contributed by atoms with Crippen molar-refractivity contribution in [2.24, 2.45) is 0 Å². The average Bonchev–Trinajstić information content (AvgIpc) is 3.40. The van der Waals surface area contributed by atoms with E-state index in [-0.39, 0.29) is 5.13 Å². The van der Waals surface area contributed by atoms with Gasteiger partial charge in [-0.1, -0.05) is 12.1 Å². The number of thiazole rings is 2. The number of nitriles is 1. The van der Waals surface area contributed by atoms with Crippen molar-refractivity contribution in [3.05, 3.63) is 82.1 Å². The zero-order chi connectivity index (χ0) is 21.8. The summed E-state index contributed by atoms with van der Waals surface area (Å²) in [5.74, 6) is -0.886. The summed E-state index contributed by atoms with van der Waals surface area (Å²) in [6.07, 6.45) is 2.05. The van der Waals surface area contributed by atoms with Gasteiger partial charge in [-0.05, 0) is 35.9 Å². The van der Waals surface area contributed by atoms with E-state index < -0.39 is 20.7 Å². The molecular formula is C20H14FN5O2S3. The fourth-order valence-corrected chi connectivity index (χ4v) is 5.30. The highest BCUT2D eigenvalue weighted by Crippen LogP contribution is 2.26. The smallest absolute Gasteiger partial charge is 0.266 e. The second kappa shape index (κ2) is 8.81. The molecule has 0 saturated heterocycles. The Kier molecular flexibility index (Phi) is 5.94. The largest absolute Gasteiger partial charge is 0.331 e. The summed E-state index contributed by atoms with van der Waals surface area (Å²) in [5, 5.41) is 16.1. The van der Waals surface area contributed by atoms with E-state index in [1.165, 1.54) is 29.7 Å². The molecule has 0 fully saturated rings. The summed E-state index contributed by atoms with van der Waals surface area (Å²) in [7, 11) is -4.08. The van der Waals surface area contributed by atoms with E-state index in [1.807, 2.05) is 17.5 Å². The number of halogens is 1. The molecule has 0 amide bonds. The Hall–Kier alpha value is -3.33. The molecule has 0 atom stereocenters. The van der Waals surface area contributed by atoms with Gasteiger partial charge in [-0.3, -0.25) is 4.72 Å². The zero-order valence-corrected chi connectivity index (χ0v) is 18.2. The standard InChI is InChI=1S/C20H14FN5O2S3/c21-17-10-15(5-6-18(17)31(27,28)26-19-23-7-8-29-19)24-20-25-16(12-30-20)9-13-1-3-14(11-22)4-2-13/h1-8,10,12H,9H2,(H,23,26)(H,24,25). The van der Waals surface area contributed by atoms with Gasteiger partial charge in [0, 0.05) is 29.1 Å². The first-order valence-electron chi connectivity index (χ1n) is 8.85. The lowest BCUT2D eigenvalue weighted by atomic mass is 10.1. The molecule has 2 N–H and O–H groups in total. The molecular weight excluding hydrogens is 457 g/mol. The van der Waals surface area contributed by atoms with Crippen LogP contribution in [-0.2, 0) is 16.4 Å². The van der Waals surface area contributed by atoms with Crippen molar-refractivity contribution in [2.75, 3.05) is 10.0 Å². The third kappa shape index (κ3) is 5.05. The van der Waals surface area contributed by atoms with E-state index >= 15 is 0 Å². The van der Waals surface area contributed by atoms with Crippen LogP contribution in [0.1, 0.15) is 16.8 Å². The van der Waals surface area contributed by atoms with Crippen molar-refractivity contribution in [1.29, 1.82) is 5.26 Å². The van der Waals surface area contributed by atoms with Gasteiger partial charge in [-0.2, -0.15) is 5.26 Å². The normalized spacial score (nSPS) is 11.1. The number of nitrogens with zero attached hydrogens (tertiary/aromatic N) is 3. The number of hydrogen-bond acceptors (Lipinski definition) is 8. The monoisotopic (exact) mass is 471 g/mol. The van der Waals surface area contributed by atoms with Crippen molar-refractivity contribution in [3.63, 3.8) is 0 Å². The molecule has 0 aliphatic heterocycles. The summed E-state index contributed by atoms with van der Waals surface area (Å²) in [6, 6.07) is 13.1. The number of nitrogens with one attached hydrogen (secondary N) is 2. The number of sulfonamides is 1. The minimum Gasteiger partial charge on any atom is -0.331 e. The van der Waals surface area contributed by atoms with Crippen LogP contribution in [0.3, 0.4) is 0 Å². The maximum absolute atomic E-state index is 14.5. The fourth-order valence-electron chi connectivity index (χ4n) is 2.72. The summed E-state index contributed by atoms with van der Waals surface area (Å²) in [6.45, 7) is 0. The number of hydrogen-bond donors (Lipinski definition) is 2. The lowest BCUT2D eigenvalue weighted by molar-refractivity contribution is 0.570. The molecule has 0 bridgehead atoms. The van der Waals surface area contributed by atoms with Gasteiger partial charge in [-0.15, -0.1) is 22.7 Å². The van der Waals surface area contributed by atoms with Gasteiger partial charge in [0.2, 0.25) is 0 Å². The molecule has 7 nitrogen and oxygen atoms in total. The summed E-state index contributed by atoms with van der Waals surface area (Å²) >= 11 is 2.46. The van der Waals surface area contributed by atoms with Crippen molar-refractivity contribution in [1.82, 2.24) is 9.97 Å². The Labute approximate surface area is 185 Å². The first-order valence-corrected chi connectivity index (χ1v) is 12.1. The van der Waals surface area contributed by atoms with Crippen molar-refractivity contribution in [3.8, 4) is 6.07 Å². The van der Waals surface area contributed by atoms with Crippen LogP contribution in [0.25, 0.3) is 0 Å². The molecule has 4 aromatic rings. The van der Waals surface area contributed by atoms with Gasteiger partial charge in [0.15, 0.2) is 10.3 Å². The Balaban J connectivity index is 1.45. The molecule has 0 unspecified atom stereocenters. The van der Waals surface area contributed by atoms with E-state index in [0.29, 0.717) is 22.8 Å². The Morgan fingerprint density at radius 2 is 1.90 bits per heavy atom. The second-order valence-electron chi connectivity index (χ2n) is 6.34. The molecule has 31 heavy (non-hydrogen) atoms. The Bertz CT molecular complexity index is 1340. The predicted molar refractivity (Wildman–Crippen MR) is 119 cm³/mol. The number of aromatic nitrogens is 2. The second-order valence-corrected chi connectivity index (χ2v) is 9.75. The van der Waals surface area contributed by atoms with Crippen LogP contribution in [0.4, 0.5) is 20.3 Å². The molecule has 0 aliphatic carbocycles. The lowest BCUT2D eigenvalue weighted by Crippen LogP contribution is -2.14. The van der Waals surface area contributed by atoms with Gasteiger partial charge >= 0.3 is 0 Å². The van der Waals surface area contributed by atoms with Crippen molar-refractivity contribution < 1.29 is 12.8 Å². The van der Waals surface area contributed by atoms with Crippen molar-refractivity contribution >= 4 is 48.6 Å². The maximum atomic E-state index is 14.5. The van der Waals surface area contributed by atoms with Gasteiger partial charge in [0.1, 0.15) is 10.7 Å². The molecule has 2 heterocycles. The number of benzene rings is 2. The van der Waals surface area contributed by atoms with Crippen LogP contribution in [0, 0.1) is 17.1 Å². The topological polar surface area (TPSA) is 108 Å². The molecule has 2 aromatic heterocycles. The molecule has 2 aromatic carbocycles. The molecule has 0 aliphatic rings. The first-order chi connectivity index (χ1) is 14.9. The highest BCUT2D eigenvalue weighted by atomic mass is 32.2. The van der Waals surface area contributed by atoms with Gasteiger partial charge < -0.3 is 5.32 Å². The quantitative estimate of drug-likeness (QED) is 0.403. The Morgan fingerprint density at radius 1 is 1.10 bits per heavy atom. The minimum atomic E-state index is -4.08. The summed E-state index contributed by atoms with van der Waals surface area (Å²) in [5.41, 5.74) is 2.82.